The molecule has 1 spiro atoms. The van der Waals surface area contributed by atoms with E-state index in [4.69, 9.17) is 4.74 Å². The molecule has 224 valence electrons. The minimum Gasteiger partial charge on any atom is -0.493 e. The normalized spacial score (nSPS) is 20.2. The molecule has 3 aliphatic rings. The summed E-state index contributed by atoms with van der Waals surface area (Å²) in [5.41, 5.74) is -5.55. The number of carbonyl (C=O) groups excluding carboxylic acids is 2. The molecular formula is C28H36F6N2O4. The lowest BCUT2D eigenvalue weighted by Gasteiger charge is -2.34. The first kappa shape index (κ1) is 30.5. The predicted molar refractivity (Wildman–Crippen MR) is 134 cm³/mol. The Labute approximate surface area is 230 Å². The zero-order valence-corrected chi connectivity index (χ0v) is 23.1. The first-order valence-electron chi connectivity index (χ1n) is 13.9. The van der Waals surface area contributed by atoms with E-state index < -0.39 is 35.7 Å². The molecule has 2 fully saturated rings. The highest BCUT2D eigenvalue weighted by Crippen LogP contribution is 2.58. The summed E-state index contributed by atoms with van der Waals surface area (Å²) in [6.45, 7) is 3.10. The van der Waals surface area contributed by atoms with Crippen molar-refractivity contribution in [2.45, 2.75) is 108 Å². The average Bonchev–Trinajstić information content (AvgIpc) is 3.56. The summed E-state index contributed by atoms with van der Waals surface area (Å²) in [6, 6.07) is 0.638. The number of likely N-dealkylation sites (N-methyl/N-ethyl adjacent to an activating group) is 1. The van der Waals surface area contributed by atoms with E-state index in [2.05, 4.69) is 4.74 Å². The number of unbranched alkanes of at least 4 members (excludes halogenated alkanes) is 1. The number of fused-ring (bicyclic) bond motifs is 1. The molecule has 2 aliphatic heterocycles. The fraction of sp³-hybridized carbons (Fsp3) is 0.714. The van der Waals surface area contributed by atoms with E-state index >= 15 is 0 Å². The van der Waals surface area contributed by atoms with Crippen molar-refractivity contribution in [3.63, 3.8) is 0 Å². The summed E-state index contributed by atoms with van der Waals surface area (Å²) < 4.78 is 94.6. The number of imide groups is 1. The maximum atomic E-state index is 14.0. The van der Waals surface area contributed by atoms with Gasteiger partial charge in [0.1, 0.15) is 11.3 Å². The number of hydrogen-bond donors (Lipinski definition) is 0. The third-order valence-corrected chi connectivity index (χ3v) is 8.46. The summed E-state index contributed by atoms with van der Waals surface area (Å²) in [5.74, 6) is 0.134. The third-order valence-electron chi connectivity index (χ3n) is 8.46. The molecule has 3 amide bonds. The highest BCUT2D eigenvalue weighted by atomic mass is 19.4. The van der Waals surface area contributed by atoms with Crippen molar-refractivity contribution in [3.8, 4) is 5.75 Å². The summed E-state index contributed by atoms with van der Waals surface area (Å²) in [7, 11) is 1.66. The van der Waals surface area contributed by atoms with Gasteiger partial charge in [0.15, 0.2) is 0 Å². The number of aryl methyl sites for hydroxylation is 1. The largest absolute Gasteiger partial charge is 0.493 e. The Bertz CT molecular complexity index is 1110. The zero-order chi connectivity index (χ0) is 29.5. The maximum absolute atomic E-state index is 14.0. The van der Waals surface area contributed by atoms with Crippen molar-refractivity contribution in [1.82, 2.24) is 9.80 Å². The molecule has 1 saturated heterocycles. The van der Waals surface area contributed by atoms with Crippen LogP contribution >= 0.6 is 0 Å². The van der Waals surface area contributed by atoms with Crippen molar-refractivity contribution < 1.29 is 45.4 Å². The lowest BCUT2D eigenvalue weighted by atomic mass is 9.84. The molecule has 12 heteroatoms. The van der Waals surface area contributed by atoms with Crippen LogP contribution in [0.3, 0.4) is 0 Å². The van der Waals surface area contributed by atoms with E-state index in [9.17, 15) is 35.9 Å². The van der Waals surface area contributed by atoms with E-state index in [1.54, 1.807) is 25.8 Å². The fourth-order valence-corrected chi connectivity index (χ4v) is 6.43. The Morgan fingerprint density at radius 3 is 2.17 bits per heavy atom. The van der Waals surface area contributed by atoms with Crippen LogP contribution in [-0.2, 0) is 34.6 Å². The molecule has 0 bridgehead atoms. The van der Waals surface area contributed by atoms with Crippen LogP contribution in [0, 0.1) is 0 Å². The fourth-order valence-electron chi connectivity index (χ4n) is 6.43. The standard InChI is InChI=1S/C28H36F6N2O4/c1-4-10-18-16-21-20(17-40-26(21,27(29,30)31)28(32,33)34)19(11-5-2)22(18)39-15-9-8-14-36-23(37)25(12-6-7-13-25)35(3)24(36)38/h16H,4-15,17H2,1-3H3. The van der Waals surface area contributed by atoms with Crippen LogP contribution in [0.15, 0.2) is 6.07 Å². The number of nitrogens with zero attached hydrogens (tertiary/aromatic N) is 2. The van der Waals surface area contributed by atoms with Gasteiger partial charge in [0.05, 0.1) is 13.2 Å². The molecule has 0 atom stereocenters. The Kier molecular flexibility index (Phi) is 8.42. The SMILES string of the molecule is CCCc1cc2c(c(CCC)c1OCCCCN1C(=O)N(C)C3(CCCC3)C1=O)COC2(C(F)(F)F)C(F)(F)F. The van der Waals surface area contributed by atoms with Crippen molar-refractivity contribution in [2.24, 2.45) is 0 Å². The highest BCUT2D eigenvalue weighted by molar-refractivity contribution is 6.07. The van der Waals surface area contributed by atoms with Crippen LogP contribution < -0.4 is 4.74 Å². The number of ether oxygens (including phenoxy) is 2. The van der Waals surface area contributed by atoms with Gasteiger partial charge in [-0.05, 0) is 55.7 Å². The predicted octanol–water partition coefficient (Wildman–Crippen LogP) is 6.81. The van der Waals surface area contributed by atoms with Crippen molar-refractivity contribution in [2.75, 3.05) is 20.2 Å². The van der Waals surface area contributed by atoms with Gasteiger partial charge >= 0.3 is 18.4 Å². The number of rotatable bonds is 10. The molecule has 4 rings (SSSR count). The molecule has 40 heavy (non-hydrogen) atoms. The molecule has 0 aromatic heterocycles. The Balaban J connectivity index is 1.53. The lowest BCUT2D eigenvalue weighted by molar-refractivity contribution is -0.385. The summed E-state index contributed by atoms with van der Waals surface area (Å²) in [5, 5.41) is 0. The average molecular weight is 579 g/mol. The number of carbonyl (C=O) groups is 2. The monoisotopic (exact) mass is 578 g/mol. The molecule has 1 aliphatic carbocycles. The Morgan fingerprint density at radius 1 is 0.975 bits per heavy atom. The molecule has 2 heterocycles. The minimum absolute atomic E-state index is 0.121. The van der Waals surface area contributed by atoms with Crippen molar-refractivity contribution in [3.05, 3.63) is 28.3 Å². The molecule has 0 N–H and O–H groups in total. The third kappa shape index (κ3) is 4.73. The quantitative estimate of drug-likeness (QED) is 0.174. The summed E-state index contributed by atoms with van der Waals surface area (Å²) >= 11 is 0. The molecular weight excluding hydrogens is 542 g/mol. The minimum atomic E-state index is -5.69. The van der Waals surface area contributed by atoms with Crippen molar-refractivity contribution >= 4 is 11.9 Å². The van der Waals surface area contributed by atoms with Gasteiger partial charge in [0, 0.05) is 24.7 Å². The van der Waals surface area contributed by atoms with Crippen molar-refractivity contribution in [1.29, 1.82) is 0 Å². The molecule has 0 radical (unpaired) electrons. The van der Waals surface area contributed by atoms with Gasteiger partial charge in [0.25, 0.3) is 11.5 Å². The van der Waals surface area contributed by atoms with Gasteiger partial charge in [-0.15, -0.1) is 0 Å². The lowest BCUT2D eigenvalue weighted by Crippen LogP contribution is -2.53. The maximum Gasteiger partial charge on any atom is 0.430 e. The molecule has 0 unspecified atom stereocenters. The number of alkyl halides is 6. The highest BCUT2D eigenvalue weighted by Gasteiger charge is 2.76. The number of amides is 3. The van der Waals surface area contributed by atoms with Gasteiger partial charge < -0.3 is 14.4 Å². The topological polar surface area (TPSA) is 59.1 Å². The summed E-state index contributed by atoms with van der Waals surface area (Å²) in [4.78, 5) is 28.6. The van der Waals surface area contributed by atoms with E-state index in [1.165, 1.54) is 4.90 Å². The zero-order valence-electron chi connectivity index (χ0n) is 23.1. The number of halogens is 6. The number of benzene rings is 1. The van der Waals surface area contributed by atoms with Crippen LogP contribution in [0.5, 0.6) is 5.75 Å². The first-order chi connectivity index (χ1) is 18.8. The number of hydrogen-bond acceptors (Lipinski definition) is 4. The van der Waals surface area contributed by atoms with E-state index in [0.29, 0.717) is 49.8 Å². The molecule has 1 aromatic rings. The molecule has 1 saturated carbocycles. The summed E-state index contributed by atoms with van der Waals surface area (Å²) in [6.07, 6.45) is -5.97. The number of urea groups is 1. The van der Waals surface area contributed by atoms with Gasteiger partial charge in [-0.3, -0.25) is 9.69 Å². The van der Waals surface area contributed by atoms with E-state index in [1.807, 2.05) is 0 Å². The van der Waals surface area contributed by atoms with E-state index in [0.717, 1.165) is 18.9 Å². The van der Waals surface area contributed by atoms with E-state index in [-0.39, 0.29) is 49.1 Å². The second-order valence-corrected chi connectivity index (χ2v) is 10.9. The Morgan fingerprint density at radius 2 is 1.60 bits per heavy atom. The van der Waals surface area contributed by atoms with Crippen LogP contribution in [0.1, 0.15) is 87.5 Å². The van der Waals surface area contributed by atoms with Gasteiger partial charge in [-0.1, -0.05) is 39.5 Å². The molecule has 1 aromatic carbocycles. The Hall–Kier alpha value is -2.50. The second kappa shape index (κ2) is 11.1. The van der Waals surface area contributed by atoms with Gasteiger partial charge in [-0.25, -0.2) is 4.79 Å². The van der Waals surface area contributed by atoms with Gasteiger partial charge in [0.2, 0.25) is 0 Å². The second-order valence-electron chi connectivity index (χ2n) is 10.9. The van der Waals surface area contributed by atoms with Crippen LogP contribution in [0.2, 0.25) is 0 Å². The van der Waals surface area contributed by atoms with Crippen LogP contribution in [0.4, 0.5) is 31.1 Å². The van der Waals surface area contributed by atoms with Crippen LogP contribution in [-0.4, -0.2) is 59.8 Å². The van der Waals surface area contributed by atoms with Gasteiger partial charge in [-0.2, -0.15) is 26.3 Å². The van der Waals surface area contributed by atoms with Crippen LogP contribution in [0.25, 0.3) is 0 Å². The smallest absolute Gasteiger partial charge is 0.430 e. The first-order valence-corrected chi connectivity index (χ1v) is 13.9. The molecule has 6 nitrogen and oxygen atoms in total.